The summed E-state index contributed by atoms with van der Waals surface area (Å²) in [6.45, 7) is 1.48. The van der Waals surface area contributed by atoms with Gasteiger partial charge in [0.2, 0.25) is 0 Å². The van der Waals surface area contributed by atoms with Crippen LogP contribution in [-0.2, 0) is 0 Å². The second-order valence-corrected chi connectivity index (χ2v) is 4.32. The molecule has 0 bridgehead atoms. The van der Waals surface area contributed by atoms with Gasteiger partial charge in [-0.1, -0.05) is 6.07 Å². The lowest BCUT2D eigenvalue weighted by atomic mass is 10.1. The minimum atomic E-state index is -1.10. The Hall–Kier alpha value is -2.24. The van der Waals surface area contributed by atoms with Crippen molar-refractivity contribution >= 4 is 5.69 Å². The molecular formula is C14H11F4NO. The third-order valence-electron chi connectivity index (χ3n) is 2.82. The first kappa shape index (κ1) is 14.2. The van der Waals surface area contributed by atoms with E-state index in [0.29, 0.717) is 12.1 Å². The molecule has 20 heavy (non-hydrogen) atoms. The van der Waals surface area contributed by atoms with Crippen molar-refractivity contribution < 1.29 is 22.7 Å². The van der Waals surface area contributed by atoms with E-state index in [1.807, 2.05) is 0 Å². The first-order chi connectivity index (χ1) is 9.38. The predicted molar refractivity (Wildman–Crippen MR) is 66.4 cm³/mol. The molecule has 0 aromatic heterocycles. The maximum atomic E-state index is 13.6. The third-order valence-corrected chi connectivity index (χ3v) is 2.82. The molecule has 2 N–H and O–H groups in total. The Kier molecular flexibility index (Phi) is 3.83. The van der Waals surface area contributed by atoms with Crippen LogP contribution >= 0.6 is 0 Å². The fourth-order valence-corrected chi connectivity index (χ4v) is 1.84. The maximum absolute atomic E-state index is 13.6. The molecule has 0 fully saturated rings. The number of phenols is 1. The molecule has 1 atom stereocenters. The van der Waals surface area contributed by atoms with Gasteiger partial charge in [-0.05, 0) is 13.0 Å². The van der Waals surface area contributed by atoms with Gasteiger partial charge in [-0.2, -0.15) is 0 Å². The maximum Gasteiger partial charge on any atom is 0.152 e. The molecule has 0 amide bonds. The van der Waals surface area contributed by atoms with Crippen molar-refractivity contribution in [2.75, 3.05) is 5.32 Å². The highest BCUT2D eigenvalue weighted by molar-refractivity contribution is 5.48. The van der Waals surface area contributed by atoms with Crippen molar-refractivity contribution in [1.82, 2.24) is 0 Å². The number of anilines is 1. The number of hydrogen-bond donors (Lipinski definition) is 2. The van der Waals surface area contributed by atoms with Crippen LogP contribution < -0.4 is 5.32 Å². The van der Waals surface area contributed by atoms with E-state index < -0.39 is 35.0 Å². The lowest BCUT2D eigenvalue weighted by Gasteiger charge is -2.17. The Balaban J connectivity index is 2.30. The SMILES string of the molecule is CC(Nc1c(F)cc(F)cc1F)c1ccc(O)cc1F. The van der Waals surface area contributed by atoms with Gasteiger partial charge in [0.25, 0.3) is 0 Å². The van der Waals surface area contributed by atoms with Gasteiger partial charge in [0.15, 0.2) is 11.6 Å². The summed E-state index contributed by atoms with van der Waals surface area (Å²) >= 11 is 0. The molecule has 2 nitrogen and oxygen atoms in total. The molecule has 106 valence electrons. The first-order valence-corrected chi connectivity index (χ1v) is 5.78. The van der Waals surface area contributed by atoms with E-state index in [4.69, 9.17) is 5.11 Å². The summed E-state index contributed by atoms with van der Waals surface area (Å²) in [6.07, 6.45) is 0. The number of rotatable bonds is 3. The highest BCUT2D eigenvalue weighted by Crippen LogP contribution is 2.27. The van der Waals surface area contributed by atoms with E-state index in [2.05, 4.69) is 5.32 Å². The third kappa shape index (κ3) is 2.84. The van der Waals surface area contributed by atoms with Gasteiger partial charge in [0.05, 0.1) is 6.04 Å². The van der Waals surface area contributed by atoms with Gasteiger partial charge in [0.1, 0.15) is 23.1 Å². The largest absolute Gasteiger partial charge is 0.508 e. The second-order valence-electron chi connectivity index (χ2n) is 4.32. The molecule has 0 radical (unpaired) electrons. The summed E-state index contributed by atoms with van der Waals surface area (Å²) < 4.78 is 53.4. The monoisotopic (exact) mass is 285 g/mol. The quantitative estimate of drug-likeness (QED) is 0.831. The Labute approximate surface area is 112 Å². The Morgan fingerprint density at radius 3 is 2.10 bits per heavy atom. The number of halogens is 4. The van der Waals surface area contributed by atoms with Gasteiger partial charge in [-0.15, -0.1) is 0 Å². The van der Waals surface area contributed by atoms with Crippen molar-refractivity contribution in [3.8, 4) is 5.75 Å². The number of benzene rings is 2. The normalized spacial score (nSPS) is 12.2. The van der Waals surface area contributed by atoms with Crippen molar-refractivity contribution in [3.63, 3.8) is 0 Å². The summed E-state index contributed by atoms with van der Waals surface area (Å²) in [4.78, 5) is 0. The molecule has 2 rings (SSSR count). The topological polar surface area (TPSA) is 32.3 Å². The fraction of sp³-hybridized carbons (Fsp3) is 0.143. The molecule has 2 aromatic carbocycles. The van der Waals surface area contributed by atoms with Gasteiger partial charge in [0, 0.05) is 23.8 Å². The minimum Gasteiger partial charge on any atom is -0.508 e. The summed E-state index contributed by atoms with van der Waals surface area (Å²) in [6, 6.07) is 3.74. The van der Waals surface area contributed by atoms with Crippen LogP contribution in [0.2, 0.25) is 0 Å². The number of phenolic OH excluding ortho intramolecular Hbond substituents is 1. The predicted octanol–water partition coefficient (Wildman–Crippen LogP) is 4.12. The van der Waals surface area contributed by atoms with Gasteiger partial charge in [-0.3, -0.25) is 0 Å². The number of aromatic hydroxyl groups is 1. The van der Waals surface area contributed by atoms with Crippen LogP contribution in [0.5, 0.6) is 5.75 Å². The summed E-state index contributed by atoms with van der Waals surface area (Å²) in [5.74, 6) is -4.21. The molecule has 0 aliphatic carbocycles. The minimum absolute atomic E-state index is 0.117. The van der Waals surface area contributed by atoms with Crippen LogP contribution in [-0.4, -0.2) is 5.11 Å². The molecule has 0 saturated carbocycles. The molecule has 0 saturated heterocycles. The molecule has 2 aromatic rings. The molecule has 1 unspecified atom stereocenters. The second kappa shape index (κ2) is 5.40. The fourth-order valence-electron chi connectivity index (χ4n) is 1.84. The Morgan fingerprint density at radius 1 is 0.950 bits per heavy atom. The van der Waals surface area contributed by atoms with Crippen molar-refractivity contribution in [2.24, 2.45) is 0 Å². The first-order valence-electron chi connectivity index (χ1n) is 5.78. The van der Waals surface area contributed by atoms with E-state index in [-0.39, 0.29) is 11.3 Å². The van der Waals surface area contributed by atoms with Crippen LogP contribution in [0.3, 0.4) is 0 Å². The molecule has 0 aliphatic heterocycles. The zero-order valence-corrected chi connectivity index (χ0v) is 10.4. The van der Waals surface area contributed by atoms with Crippen LogP contribution in [0, 0.1) is 23.3 Å². The van der Waals surface area contributed by atoms with Crippen molar-refractivity contribution in [1.29, 1.82) is 0 Å². The lowest BCUT2D eigenvalue weighted by molar-refractivity contribution is 0.467. The summed E-state index contributed by atoms with van der Waals surface area (Å²) in [5.41, 5.74) is -0.419. The van der Waals surface area contributed by atoms with E-state index in [9.17, 15) is 17.6 Å². The Morgan fingerprint density at radius 2 is 1.55 bits per heavy atom. The Bertz CT molecular complexity index is 622. The highest BCUT2D eigenvalue weighted by atomic mass is 19.1. The van der Waals surface area contributed by atoms with Crippen molar-refractivity contribution in [3.05, 3.63) is 59.2 Å². The van der Waals surface area contributed by atoms with Crippen LogP contribution in [0.4, 0.5) is 23.2 Å². The molecule has 6 heteroatoms. The molecule has 0 aliphatic rings. The highest BCUT2D eigenvalue weighted by Gasteiger charge is 2.17. The summed E-state index contributed by atoms with van der Waals surface area (Å²) in [5, 5.41) is 11.5. The van der Waals surface area contributed by atoms with E-state index >= 15 is 0 Å². The zero-order chi connectivity index (χ0) is 14.9. The van der Waals surface area contributed by atoms with Gasteiger partial charge >= 0.3 is 0 Å². The van der Waals surface area contributed by atoms with Crippen LogP contribution in [0.25, 0.3) is 0 Å². The standard InChI is InChI=1S/C14H11F4NO/c1-7(10-3-2-9(20)6-11(10)16)19-14-12(17)4-8(15)5-13(14)18/h2-7,19-20H,1H3. The zero-order valence-electron chi connectivity index (χ0n) is 10.4. The van der Waals surface area contributed by atoms with E-state index in [1.165, 1.54) is 19.1 Å². The van der Waals surface area contributed by atoms with Crippen LogP contribution in [0.15, 0.2) is 30.3 Å². The average Bonchev–Trinajstić information content (AvgIpc) is 2.33. The van der Waals surface area contributed by atoms with Gasteiger partial charge < -0.3 is 10.4 Å². The van der Waals surface area contributed by atoms with E-state index in [0.717, 1.165) is 6.07 Å². The lowest BCUT2D eigenvalue weighted by Crippen LogP contribution is -2.11. The van der Waals surface area contributed by atoms with Crippen molar-refractivity contribution in [2.45, 2.75) is 13.0 Å². The number of hydrogen-bond acceptors (Lipinski definition) is 2. The smallest absolute Gasteiger partial charge is 0.152 e. The number of nitrogens with one attached hydrogen (secondary N) is 1. The molecule has 0 heterocycles. The molecule has 0 spiro atoms. The molecular weight excluding hydrogens is 274 g/mol. The van der Waals surface area contributed by atoms with E-state index in [1.54, 1.807) is 0 Å². The van der Waals surface area contributed by atoms with Crippen LogP contribution in [0.1, 0.15) is 18.5 Å². The summed E-state index contributed by atoms with van der Waals surface area (Å²) in [7, 11) is 0. The van der Waals surface area contributed by atoms with Gasteiger partial charge in [-0.25, -0.2) is 17.6 Å². The average molecular weight is 285 g/mol.